The number of nitrogens with zero attached hydrogens (tertiary/aromatic N) is 3. The molecular formula is C23H30ClN5O. The van der Waals surface area contributed by atoms with E-state index in [1.807, 2.05) is 56.4 Å². The van der Waals surface area contributed by atoms with Crippen molar-refractivity contribution in [3.8, 4) is 0 Å². The van der Waals surface area contributed by atoms with Gasteiger partial charge in [-0.25, -0.2) is 4.98 Å². The highest BCUT2D eigenvalue weighted by Crippen LogP contribution is 2.48. The Morgan fingerprint density at radius 2 is 1.73 bits per heavy atom. The molecule has 0 atom stereocenters. The minimum atomic E-state index is -0.349. The number of hydrogen-bond acceptors (Lipinski definition) is 5. The number of nitrogens with one attached hydrogen (secondary N) is 2. The smallest absolute Gasteiger partial charge is 0.230 e. The molecule has 1 aromatic heterocycles. The number of aryl methyl sites for hydroxylation is 1. The van der Waals surface area contributed by atoms with Crippen molar-refractivity contribution < 1.29 is 4.79 Å². The average molecular weight is 428 g/mol. The Kier molecular flexibility index (Phi) is 5.87. The van der Waals surface area contributed by atoms with Gasteiger partial charge < -0.3 is 15.5 Å². The number of hydrogen-bond donors (Lipinski definition) is 2. The summed E-state index contributed by atoms with van der Waals surface area (Å²) in [6.45, 7) is 2.02. The van der Waals surface area contributed by atoms with E-state index in [-0.39, 0.29) is 17.4 Å². The summed E-state index contributed by atoms with van der Waals surface area (Å²) in [7, 11) is 3.98. The summed E-state index contributed by atoms with van der Waals surface area (Å²) >= 11 is 6.00. The van der Waals surface area contributed by atoms with E-state index in [0.29, 0.717) is 17.0 Å². The van der Waals surface area contributed by atoms with Crippen molar-refractivity contribution in [3.63, 3.8) is 0 Å². The SMILES string of the molecule is Cc1cnc(NC2CCC(NC(=O)C3(c4ccc(Cl)cc4)CC3)CC2)nc1N(C)C. The van der Waals surface area contributed by atoms with Gasteiger partial charge in [0.15, 0.2) is 0 Å². The van der Waals surface area contributed by atoms with Gasteiger partial charge in [0.2, 0.25) is 11.9 Å². The van der Waals surface area contributed by atoms with Gasteiger partial charge in [-0.2, -0.15) is 4.98 Å². The van der Waals surface area contributed by atoms with E-state index in [0.717, 1.165) is 55.5 Å². The molecule has 2 aliphatic rings. The van der Waals surface area contributed by atoms with Crippen LogP contribution in [0.15, 0.2) is 30.5 Å². The van der Waals surface area contributed by atoms with Crippen LogP contribution >= 0.6 is 11.6 Å². The molecule has 160 valence electrons. The van der Waals surface area contributed by atoms with Crippen molar-refractivity contribution >= 4 is 29.3 Å². The number of carbonyl (C=O) groups excluding carboxylic acids is 1. The van der Waals surface area contributed by atoms with Gasteiger partial charge in [-0.05, 0) is 63.1 Å². The molecule has 1 amide bonds. The van der Waals surface area contributed by atoms with Gasteiger partial charge in [0, 0.05) is 43.0 Å². The summed E-state index contributed by atoms with van der Waals surface area (Å²) in [6.07, 6.45) is 7.61. The molecule has 2 N–H and O–H groups in total. The molecule has 0 radical (unpaired) electrons. The molecule has 1 aromatic carbocycles. The molecule has 0 aliphatic heterocycles. The van der Waals surface area contributed by atoms with Crippen LogP contribution < -0.4 is 15.5 Å². The van der Waals surface area contributed by atoms with Crippen molar-refractivity contribution in [3.05, 3.63) is 46.6 Å². The summed E-state index contributed by atoms with van der Waals surface area (Å²) in [6, 6.07) is 8.28. The van der Waals surface area contributed by atoms with E-state index in [1.54, 1.807) is 0 Å². The lowest BCUT2D eigenvalue weighted by molar-refractivity contribution is -0.124. The zero-order valence-electron chi connectivity index (χ0n) is 17.9. The zero-order chi connectivity index (χ0) is 21.3. The third kappa shape index (κ3) is 4.38. The largest absolute Gasteiger partial charge is 0.362 e. The van der Waals surface area contributed by atoms with Crippen LogP contribution in [0.3, 0.4) is 0 Å². The van der Waals surface area contributed by atoms with Gasteiger partial charge in [-0.3, -0.25) is 4.79 Å². The number of carbonyl (C=O) groups is 1. The average Bonchev–Trinajstić information content (AvgIpc) is 3.53. The predicted molar refractivity (Wildman–Crippen MR) is 121 cm³/mol. The highest BCUT2D eigenvalue weighted by Gasteiger charge is 2.51. The molecule has 0 unspecified atom stereocenters. The van der Waals surface area contributed by atoms with Crippen LogP contribution in [0.2, 0.25) is 5.02 Å². The van der Waals surface area contributed by atoms with Crippen molar-refractivity contribution in [2.24, 2.45) is 0 Å². The van der Waals surface area contributed by atoms with Crippen LogP contribution in [-0.2, 0) is 10.2 Å². The first-order valence-electron chi connectivity index (χ1n) is 10.7. The molecule has 0 spiro atoms. The maximum atomic E-state index is 13.0. The van der Waals surface area contributed by atoms with Crippen molar-refractivity contribution in [2.75, 3.05) is 24.3 Å². The maximum Gasteiger partial charge on any atom is 0.230 e. The highest BCUT2D eigenvalue weighted by atomic mass is 35.5. The topological polar surface area (TPSA) is 70.1 Å². The highest BCUT2D eigenvalue weighted by molar-refractivity contribution is 6.30. The third-order valence-corrected chi connectivity index (χ3v) is 6.60. The molecule has 0 saturated heterocycles. The number of halogens is 1. The van der Waals surface area contributed by atoms with Crippen LogP contribution in [0.4, 0.5) is 11.8 Å². The molecule has 4 rings (SSSR count). The van der Waals surface area contributed by atoms with E-state index >= 15 is 0 Å². The lowest BCUT2D eigenvalue weighted by Crippen LogP contribution is -2.44. The number of benzene rings is 1. The number of amides is 1. The van der Waals surface area contributed by atoms with Crippen molar-refractivity contribution in [1.29, 1.82) is 0 Å². The fourth-order valence-electron chi connectivity index (χ4n) is 4.38. The number of aromatic nitrogens is 2. The fourth-order valence-corrected chi connectivity index (χ4v) is 4.51. The molecule has 2 saturated carbocycles. The zero-order valence-corrected chi connectivity index (χ0v) is 18.7. The summed E-state index contributed by atoms with van der Waals surface area (Å²) in [5, 5.41) is 7.49. The van der Waals surface area contributed by atoms with Gasteiger partial charge in [0.05, 0.1) is 5.41 Å². The van der Waals surface area contributed by atoms with Crippen molar-refractivity contribution in [1.82, 2.24) is 15.3 Å². The van der Waals surface area contributed by atoms with Crippen LogP contribution in [0.5, 0.6) is 0 Å². The first-order valence-corrected chi connectivity index (χ1v) is 11.1. The lowest BCUT2D eigenvalue weighted by atomic mass is 9.89. The number of anilines is 2. The Hall–Kier alpha value is -2.34. The van der Waals surface area contributed by atoms with Crippen LogP contribution in [-0.4, -0.2) is 42.1 Å². The molecule has 6 nitrogen and oxygen atoms in total. The van der Waals surface area contributed by atoms with Crippen LogP contribution in [0, 0.1) is 6.92 Å². The third-order valence-electron chi connectivity index (χ3n) is 6.35. The fraction of sp³-hybridized carbons (Fsp3) is 0.522. The van der Waals surface area contributed by atoms with Gasteiger partial charge in [0.25, 0.3) is 0 Å². The molecule has 0 bridgehead atoms. The maximum absolute atomic E-state index is 13.0. The minimum absolute atomic E-state index is 0.165. The Bertz CT molecular complexity index is 902. The summed E-state index contributed by atoms with van der Waals surface area (Å²) < 4.78 is 0. The van der Waals surface area contributed by atoms with Gasteiger partial charge >= 0.3 is 0 Å². The van der Waals surface area contributed by atoms with E-state index < -0.39 is 0 Å². The molecule has 2 aromatic rings. The molecule has 7 heteroatoms. The summed E-state index contributed by atoms with van der Waals surface area (Å²) in [4.78, 5) is 24.1. The lowest BCUT2D eigenvalue weighted by Gasteiger charge is -2.31. The molecule has 2 aliphatic carbocycles. The van der Waals surface area contributed by atoms with E-state index in [1.165, 1.54) is 0 Å². The van der Waals surface area contributed by atoms with E-state index in [9.17, 15) is 4.79 Å². The van der Waals surface area contributed by atoms with Crippen LogP contribution in [0.1, 0.15) is 49.7 Å². The molecule has 1 heterocycles. The number of rotatable bonds is 6. The molecule has 30 heavy (non-hydrogen) atoms. The Balaban J connectivity index is 1.30. The predicted octanol–water partition coefficient (Wildman–Crippen LogP) is 4.08. The molecular weight excluding hydrogens is 398 g/mol. The van der Waals surface area contributed by atoms with Gasteiger partial charge in [-0.1, -0.05) is 23.7 Å². The van der Waals surface area contributed by atoms with Crippen molar-refractivity contribution in [2.45, 2.75) is 62.9 Å². The van der Waals surface area contributed by atoms with Gasteiger partial charge in [-0.15, -0.1) is 0 Å². The Morgan fingerprint density at radius 1 is 1.10 bits per heavy atom. The van der Waals surface area contributed by atoms with Crippen LogP contribution in [0.25, 0.3) is 0 Å². The monoisotopic (exact) mass is 427 g/mol. The first kappa shape index (κ1) is 20.9. The van der Waals surface area contributed by atoms with E-state index in [2.05, 4.69) is 20.6 Å². The molecule has 2 fully saturated rings. The second kappa shape index (κ2) is 8.42. The minimum Gasteiger partial charge on any atom is -0.362 e. The quantitative estimate of drug-likeness (QED) is 0.727. The van der Waals surface area contributed by atoms with E-state index in [4.69, 9.17) is 11.6 Å². The summed E-state index contributed by atoms with van der Waals surface area (Å²) in [5.74, 6) is 1.78. The standard InChI is InChI=1S/C23H30ClN5O/c1-15-14-25-22(28-20(15)29(2)3)27-19-10-8-18(9-11-19)26-21(30)23(12-13-23)16-4-6-17(24)7-5-16/h4-7,14,18-19H,8-13H2,1-3H3,(H,26,30)(H,25,27,28). The second-order valence-electron chi connectivity index (χ2n) is 8.85. The first-order chi connectivity index (χ1) is 14.4. The normalized spacial score (nSPS) is 22.3. The second-order valence-corrected chi connectivity index (χ2v) is 9.29. The Morgan fingerprint density at radius 3 is 2.33 bits per heavy atom. The Labute approximate surface area is 183 Å². The van der Waals surface area contributed by atoms with Gasteiger partial charge in [0.1, 0.15) is 5.82 Å². The summed E-state index contributed by atoms with van der Waals surface area (Å²) in [5.41, 5.74) is 1.79.